The Labute approximate surface area is 115 Å². The second kappa shape index (κ2) is 4.31. The van der Waals surface area contributed by atoms with Crippen LogP contribution >= 0.6 is 15.9 Å². The molecule has 19 heavy (non-hydrogen) atoms. The first kappa shape index (κ1) is 12.1. The molecule has 0 aliphatic heterocycles. The van der Waals surface area contributed by atoms with E-state index in [1.165, 1.54) is 24.3 Å². The van der Waals surface area contributed by atoms with E-state index >= 15 is 0 Å². The lowest BCUT2D eigenvalue weighted by Gasteiger charge is -2.00. The van der Waals surface area contributed by atoms with Crippen molar-refractivity contribution in [1.29, 1.82) is 0 Å². The summed E-state index contributed by atoms with van der Waals surface area (Å²) >= 11 is 3.07. The van der Waals surface area contributed by atoms with E-state index in [1.54, 1.807) is 0 Å². The van der Waals surface area contributed by atoms with Gasteiger partial charge in [-0.3, -0.25) is 0 Å². The number of aromatic hydroxyl groups is 1. The van der Waals surface area contributed by atoms with Crippen LogP contribution < -0.4 is 0 Å². The summed E-state index contributed by atoms with van der Waals surface area (Å²) < 4.78 is 26.9. The highest BCUT2D eigenvalue weighted by molar-refractivity contribution is 9.10. The first-order valence-electron chi connectivity index (χ1n) is 5.38. The highest BCUT2D eigenvalue weighted by Gasteiger charge is 2.12. The Morgan fingerprint density at radius 1 is 1.16 bits per heavy atom. The second-order valence-corrected chi connectivity index (χ2v) is 4.88. The number of H-pyrrole nitrogens is 1. The Balaban J connectivity index is 2.23. The van der Waals surface area contributed by atoms with Crippen LogP contribution in [0.15, 0.2) is 34.8 Å². The molecule has 0 unspecified atom stereocenters. The highest BCUT2D eigenvalue weighted by atomic mass is 79.9. The van der Waals surface area contributed by atoms with Crippen molar-refractivity contribution in [1.82, 2.24) is 9.97 Å². The third kappa shape index (κ3) is 2.08. The molecule has 0 aliphatic rings. The van der Waals surface area contributed by atoms with Gasteiger partial charge in [-0.05, 0) is 40.2 Å². The van der Waals surface area contributed by atoms with Gasteiger partial charge in [0.05, 0.1) is 21.1 Å². The molecule has 2 aromatic carbocycles. The van der Waals surface area contributed by atoms with Crippen molar-refractivity contribution in [2.75, 3.05) is 0 Å². The standard InChI is InChI=1S/C13H7BrF2N2O/c14-8-4-10-11(5-9(8)16)18-13(17-10)7-3-6(15)1-2-12(7)19/h1-5,19H,(H,17,18). The molecule has 2 N–H and O–H groups in total. The van der Waals surface area contributed by atoms with E-state index in [4.69, 9.17) is 0 Å². The average molecular weight is 325 g/mol. The number of phenols is 1. The number of phenolic OH excluding ortho intramolecular Hbond substituents is 1. The molecule has 0 bridgehead atoms. The van der Waals surface area contributed by atoms with Gasteiger partial charge in [-0.15, -0.1) is 0 Å². The number of aromatic nitrogens is 2. The monoisotopic (exact) mass is 324 g/mol. The third-order valence-electron chi connectivity index (χ3n) is 2.74. The summed E-state index contributed by atoms with van der Waals surface area (Å²) in [7, 11) is 0. The molecule has 0 amide bonds. The first-order valence-corrected chi connectivity index (χ1v) is 6.17. The number of imidazole rings is 1. The number of nitrogens with one attached hydrogen (secondary N) is 1. The minimum absolute atomic E-state index is 0.0972. The molecule has 0 aliphatic carbocycles. The van der Waals surface area contributed by atoms with Gasteiger partial charge in [0.2, 0.25) is 0 Å². The van der Waals surface area contributed by atoms with E-state index in [9.17, 15) is 13.9 Å². The zero-order valence-corrected chi connectivity index (χ0v) is 11.0. The summed E-state index contributed by atoms with van der Waals surface area (Å²) in [4.78, 5) is 7.06. The van der Waals surface area contributed by atoms with Crippen molar-refractivity contribution in [3.63, 3.8) is 0 Å². The van der Waals surface area contributed by atoms with Gasteiger partial charge in [-0.2, -0.15) is 0 Å². The molecule has 3 aromatic rings. The Bertz CT molecular complexity index is 747. The minimum atomic E-state index is -0.486. The molecule has 3 nitrogen and oxygen atoms in total. The fraction of sp³-hybridized carbons (Fsp3) is 0. The number of aromatic amines is 1. The molecular formula is C13H7BrF2N2O. The Kier molecular flexibility index (Phi) is 2.74. The third-order valence-corrected chi connectivity index (χ3v) is 3.35. The van der Waals surface area contributed by atoms with Crippen molar-refractivity contribution in [2.45, 2.75) is 0 Å². The van der Waals surface area contributed by atoms with Crippen LogP contribution in [0.25, 0.3) is 22.4 Å². The molecule has 0 spiro atoms. The summed E-state index contributed by atoms with van der Waals surface area (Å²) in [6.07, 6.45) is 0. The summed E-state index contributed by atoms with van der Waals surface area (Å²) in [5.74, 6) is -0.726. The lowest BCUT2D eigenvalue weighted by atomic mass is 10.2. The number of benzene rings is 2. The zero-order valence-electron chi connectivity index (χ0n) is 9.42. The van der Waals surface area contributed by atoms with Gasteiger partial charge < -0.3 is 10.1 Å². The SMILES string of the molecule is Oc1ccc(F)cc1-c1nc2cc(Br)c(F)cc2[nH]1. The van der Waals surface area contributed by atoms with Crippen molar-refractivity contribution >= 4 is 27.0 Å². The van der Waals surface area contributed by atoms with Crippen molar-refractivity contribution in [3.8, 4) is 17.1 Å². The Morgan fingerprint density at radius 2 is 1.95 bits per heavy atom. The van der Waals surface area contributed by atoms with E-state index in [1.807, 2.05) is 0 Å². The van der Waals surface area contributed by atoms with Gasteiger partial charge in [-0.25, -0.2) is 13.8 Å². The van der Waals surface area contributed by atoms with Gasteiger partial charge in [0, 0.05) is 6.07 Å². The van der Waals surface area contributed by atoms with Crippen LogP contribution in [0.3, 0.4) is 0 Å². The second-order valence-electron chi connectivity index (χ2n) is 4.03. The van der Waals surface area contributed by atoms with Gasteiger partial charge in [0.1, 0.15) is 23.2 Å². The van der Waals surface area contributed by atoms with Crippen LogP contribution in [-0.4, -0.2) is 15.1 Å². The summed E-state index contributed by atoms with van der Waals surface area (Å²) in [6, 6.07) is 6.36. The van der Waals surface area contributed by atoms with Crippen molar-refractivity contribution in [3.05, 3.63) is 46.4 Å². The molecule has 0 radical (unpaired) electrons. The number of nitrogens with zero attached hydrogens (tertiary/aromatic N) is 1. The lowest BCUT2D eigenvalue weighted by Crippen LogP contribution is -1.83. The summed E-state index contributed by atoms with van der Waals surface area (Å²) in [5, 5.41) is 9.71. The molecule has 96 valence electrons. The molecular weight excluding hydrogens is 318 g/mol. The van der Waals surface area contributed by atoms with Crippen LogP contribution in [0.1, 0.15) is 0 Å². The number of hydrogen-bond acceptors (Lipinski definition) is 2. The Hall–Kier alpha value is -1.95. The largest absolute Gasteiger partial charge is 0.507 e. The van der Waals surface area contributed by atoms with Crippen LogP contribution in [0, 0.1) is 11.6 Å². The number of hydrogen-bond donors (Lipinski definition) is 2. The molecule has 1 heterocycles. The first-order chi connectivity index (χ1) is 9.04. The van der Waals surface area contributed by atoms with Crippen LogP contribution in [0.2, 0.25) is 0 Å². The predicted molar refractivity (Wildman–Crippen MR) is 70.8 cm³/mol. The normalized spacial score (nSPS) is 11.1. The molecule has 6 heteroatoms. The topological polar surface area (TPSA) is 48.9 Å². The minimum Gasteiger partial charge on any atom is -0.507 e. The van der Waals surface area contributed by atoms with Crippen molar-refractivity contribution in [2.24, 2.45) is 0 Å². The maximum absolute atomic E-state index is 13.4. The maximum Gasteiger partial charge on any atom is 0.142 e. The van der Waals surface area contributed by atoms with Crippen LogP contribution in [0.4, 0.5) is 8.78 Å². The summed E-state index contributed by atoms with van der Waals surface area (Å²) in [5.41, 5.74) is 1.22. The van der Waals surface area contributed by atoms with Crippen LogP contribution in [0.5, 0.6) is 5.75 Å². The number of rotatable bonds is 1. The summed E-state index contributed by atoms with van der Waals surface area (Å²) in [6.45, 7) is 0. The highest BCUT2D eigenvalue weighted by Crippen LogP contribution is 2.30. The molecule has 0 fully saturated rings. The number of halogens is 3. The molecule has 0 atom stereocenters. The Morgan fingerprint density at radius 3 is 2.74 bits per heavy atom. The lowest BCUT2D eigenvalue weighted by molar-refractivity contribution is 0.475. The van der Waals surface area contributed by atoms with Gasteiger partial charge >= 0.3 is 0 Å². The van der Waals surface area contributed by atoms with Crippen LogP contribution in [-0.2, 0) is 0 Å². The predicted octanol–water partition coefficient (Wildman–Crippen LogP) is 3.98. The molecule has 3 rings (SSSR count). The quantitative estimate of drug-likeness (QED) is 0.711. The average Bonchev–Trinajstić information content (AvgIpc) is 2.75. The van der Waals surface area contributed by atoms with E-state index < -0.39 is 11.6 Å². The molecule has 0 saturated heterocycles. The van der Waals surface area contributed by atoms with E-state index in [-0.39, 0.29) is 17.1 Å². The van der Waals surface area contributed by atoms with E-state index in [0.29, 0.717) is 15.5 Å². The zero-order chi connectivity index (χ0) is 13.6. The smallest absolute Gasteiger partial charge is 0.142 e. The van der Waals surface area contributed by atoms with Gasteiger partial charge in [0.15, 0.2) is 0 Å². The van der Waals surface area contributed by atoms with Crippen molar-refractivity contribution < 1.29 is 13.9 Å². The fourth-order valence-electron chi connectivity index (χ4n) is 1.83. The molecule has 0 saturated carbocycles. The van der Waals surface area contributed by atoms with E-state index in [0.717, 1.165) is 6.07 Å². The van der Waals surface area contributed by atoms with Gasteiger partial charge in [0.25, 0.3) is 0 Å². The van der Waals surface area contributed by atoms with E-state index in [2.05, 4.69) is 25.9 Å². The molecule has 1 aromatic heterocycles. The number of fused-ring (bicyclic) bond motifs is 1. The van der Waals surface area contributed by atoms with Gasteiger partial charge in [-0.1, -0.05) is 0 Å². The fourth-order valence-corrected chi connectivity index (χ4v) is 2.16. The maximum atomic E-state index is 13.4.